The normalized spacial score (nSPS) is 19.0. The van der Waals surface area contributed by atoms with E-state index in [9.17, 15) is 14.0 Å². The lowest BCUT2D eigenvalue weighted by atomic mass is 10.0. The highest BCUT2D eigenvalue weighted by molar-refractivity contribution is 6.18. The number of nitrogens with zero attached hydrogens (tertiary/aromatic N) is 1. The van der Waals surface area contributed by atoms with Crippen LogP contribution < -0.4 is 16.5 Å². The van der Waals surface area contributed by atoms with Gasteiger partial charge in [0, 0.05) is 5.56 Å². The molecule has 0 aliphatic carbocycles. The molecule has 1 unspecified atom stereocenters. The van der Waals surface area contributed by atoms with Gasteiger partial charge in [-0.2, -0.15) is 5.10 Å². The van der Waals surface area contributed by atoms with Crippen LogP contribution in [0.5, 0.6) is 0 Å². The zero-order valence-electron chi connectivity index (χ0n) is 8.61. The predicted molar refractivity (Wildman–Crippen MR) is 57.6 cm³/mol. The van der Waals surface area contributed by atoms with Gasteiger partial charge in [-0.15, -0.1) is 0 Å². The summed E-state index contributed by atoms with van der Waals surface area (Å²) in [5.74, 6) is -1.14. The van der Waals surface area contributed by atoms with Crippen molar-refractivity contribution in [2.75, 3.05) is 0 Å². The van der Waals surface area contributed by atoms with Gasteiger partial charge in [0.25, 0.3) is 0 Å². The Morgan fingerprint density at radius 1 is 1.35 bits per heavy atom. The number of carbonyl (C=O) groups is 2. The molecule has 1 aliphatic rings. The Kier molecular flexibility index (Phi) is 2.73. The smallest absolute Gasteiger partial charge is 0.336 e. The van der Waals surface area contributed by atoms with Crippen molar-refractivity contribution in [3.63, 3.8) is 0 Å². The van der Waals surface area contributed by atoms with E-state index in [0.717, 1.165) is 0 Å². The van der Waals surface area contributed by atoms with Crippen LogP contribution in [0.25, 0.3) is 0 Å². The van der Waals surface area contributed by atoms with E-state index in [4.69, 9.17) is 5.73 Å². The molecule has 0 saturated carbocycles. The first kappa shape index (κ1) is 11.1. The second kappa shape index (κ2) is 4.20. The minimum Gasteiger partial charge on any atom is -0.368 e. The van der Waals surface area contributed by atoms with Gasteiger partial charge in [-0.05, 0) is 12.1 Å². The molecule has 1 aromatic rings. The summed E-state index contributed by atoms with van der Waals surface area (Å²) < 4.78 is 12.8. The van der Waals surface area contributed by atoms with Gasteiger partial charge in [0.1, 0.15) is 11.5 Å². The fraction of sp³-hybridized carbons (Fsp3) is 0.100. The molecular weight excluding hydrogens is 227 g/mol. The largest absolute Gasteiger partial charge is 0.368 e. The van der Waals surface area contributed by atoms with Gasteiger partial charge in [0.2, 0.25) is 5.91 Å². The topological polar surface area (TPSA) is 96.6 Å². The number of urea groups is 1. The maximum atomic E-state index is 12.8. The van der Waals surface area contributed by atoms with Crippen LogP contribution in [0.2, 0.25) is 0 Å². The molecule has 1 aliphatic heterocycles. The van der Waals surface area contributed by atoms with Crippen LogP contribution in [0.3, 0.4) is 0 Å². The highest BCUT2D eigenvalue weighted by Gasteiger charge is 2.28. The summed E-state index contributed by atoms with van der Waals surface area (Å²) in [4.78, 5) is 22.2. The number of benzene rings is 1. The van der Waals surface area contributed by atoms with Gasteiger partial charge in [-0.3, -0.25) is 4.79 Å². The second-order valence-electron chi connectivity index (χ2n) is 3.42. The molecule has 6 nitrogen and oxygen atoms in total. The number of primary amides is 1. The number of halogens is 1. The van der Waals surface area contributed by atoms with Gasteiger partial charge in [-0.25, -0.2) is 14.6 Å². The average Bonchev–Trinajstić information content (AvgIpc) is 2.30. The lowest BCUT2D eigenvalue weighted by Gasteiger charge is -2.21. The van der Waals surface area contributed by atoms with Gasteiger partial charge in [0.15, 0.2) is 6.04 Å². The maximum absolute atomic E-state index is 12.8. The Bertz CT molecular complexity index is 498. The first-order valence-electron chi connectivity index (χ1n) is 4.77. The van der Waals surface area contributed by atoms with E-state index >= 15 is 0 Å². The van der Waals surface area contributed by atoms with Crippen LogP contribution >= 0.6 is 0 Å². The minimum atomic E-state index is -1.02. The summed E-state index contributed by atoms with van der Waals surface area (Å²) in [6, 6.07) is 3.72. The Balaban J connectivity index is 2.38. The molecule has 1 heterocycles. The van der Waals surface area contributed by atoms with E-state index in [1.165, 1.54) is 24.3 Å². The summed E-state index contributed by atoms with van der Waals surface area (Å²) in [5.41, 5.74) is 8.07. The third-order valence-corrected chi connectivity index (χ3v) is 2.25. The number of hydrazone groups is 1. The van der Waals surface area contributed by atoms with E-state index in [0.29, 0.717) is 5.56 Å². The molecule has 7 heteroatoms. The van der Waals surface area contributed by atoms with Crippen LogP contribution in [0.4, 0.5) is 9.18 Å². The molecule has 17 heavy (non-hydrogen) atoms. The van der Waals surface area contributed by atoms with Gasteiger partial charge < -0.3 is 11.1 Å². The van der Waals surface area contributed by atoms with Crippen molar-refractivity contribution in [3.05, 3.63) is 35.6 Å². The van der Waals surface area contributed by atoms with Crippen molar-refractivity contribution in [3.8, 4) is 0 Å². The predicted octanol–water partition coefficient (Wildman–Crippen LogP) is -0.303. The first-order chi connectivity index (χ1) is 8.08. The van der Waals surface area contributed by atoms with Crippen LogP contribution in [0.1, 0.15) is 5.56 Å². The first-order valence-corrected chi connectivity index (χ1v) is 4.77. The highest BCUT2D eigenvalue weighted by atomic mass is 19.1. The van der Waals surface area contributed by atoms with E-state index in [1.54, 1.807) is 0 Å². The van der Waals surface area contributed by atoms with Crippen LogP contribution in [-0.4, -0.2) is 23.7 Å². The molecule has 1 aromatic carbocycles. The number of nitrogens with two attached hydrogens (primary N) is 1. The summed E-state index contributed by atoms with van der Waals surface area (Å²) in [5, 5.41) is 6.07. The summed E-state index contributed by atoms with van der Waals surface area (Å²) in [6.45, 7) is 0. The fourth-order valence-corrected chi connectivity index (χ4v) is 1.47. The Morgan fingerprint density at radius 2 is 2.00 bits per heavy atom. The van der Waals surface area contributed by atoms with Gasteiger partial charge >= 0.3 is 6.03 Å². The van der Waals surface area contributed by atoms with Crippen molar-refractivity contribution >= 4 is 17.6 Å². The zero-order chi connectivity index (χ0) is 12.4. The van der Waals surface area contributed by atoms with Crippen LogP contribution in [0.15, 0.2) is 29.4 Å². The number of hydrogen-bond acceptors (Lipinski definition) is 3. The van der Waals surface area contributed by atoms with E-state index in [-0.39, 0.29) is 5.71 Å². The molecule has 1 atom stereocenters. The molecule has 88 valence electrons. The third kappa shape index (κ3) is 2.22. The molecule has 4 N–H and O–H groups in total. The number of amides is 3. The molecular formula is C10H9FN4O2. The number of rotatable bonds is 2. The van der Waals surface area contributed by atoms with Crippen molar-refractivity contribution in [2.45, 2.75) is 6.04 Å². The van der Waals surface area contributed by atoms with E-state index < -0.39 is 23.8 Å². The number of nitrogens with one attached hydrogen (secondary N) is 2. The molecule has 0 aromatic heterocycles. The van der Waals surface area contributed by atoms with E-state index in [1.807, 2.05) is 0 Å². The quantitative estimate of drug-likeness (QED) is 0.657. The van der Waals surface area contributed by atoms with Crippen LogP contribution in [-0.2, 0) is 4.79 Å². The molecule has 0 saturated heterocycles. The molecule has 0 spiro atoms. The van der Waals surface area contributed by atoms with Crippen LogP contribution in [0, 0.1) is 5.82 Å². The Morgan fingerprint density at radius 3 is 2.59 bits per heavy atom. The van der Waals surface area contributed by atoms with Crippen molar-refractivity contribution < 1.29 is 14.0 Å². The monoisotopic (exact) mass is 236 g/mol. The average molecular weight is 236 g/mol. The lowest BCUT2D eigenvalue weighted by Crippen LogP contribution is -2.56. The van der Waals surface area contributed by atoms with Gasteiger partial charge in [-0.1, -0.05) is 12.1 Å². The molecule has 0 radical (unpaired) electrons. The Labute approximate surface area is 95.7 Å². The second-order valence-corrected chi connectivity index (χ2v) is 3.42. The summed E-state index contributed by atoms with van der Waals surface area (Å²) >= 11 is 0. The van der Waals surface area contributed by atoms with Gasteiger partial charge in [0.05, 0.1) is 0 Å². The minimum absolute atomic E-state index is 0.247. The number of carbonyl (C=O) groups excluding carboxylic acids is 2. The zero-order valence-corrected chi connectivity index (χ0v) is 8.61. The van der Waals surface area contributed by atoms with E-state index in [2.05, 4.69) is 15.8 Å². The third-order valence-electron chi connectivity index (χ3n) is 2.25. The SMILES string of the molecule is NC(=O)C1NC(=O)NN=C1c1ccc(F)cc1. The standard InChI is InChI=1S/C10H9FN4O2/c11-6-3-1-5(2-4-6)7-8(9(12)16)13-10(17)15-14-7/h1-4,8H,(H2,12,16)(H2,13,15,17). The molecule has 3 amide bonds. The van der Waals surface area contributed by atoms with Crippen molar-refractivity contribution in [2.24, 2.45) is 10.8 Å². The maximum Gasteiger partial charge on any atom is 0.336 e. The summed E-state index contributed by atoms with van der Waals surface area (Å²) in [7, 11) is 0. The summed E-state index contributed by atoms with van der Waals surface area (Å²) in [6.07, 6.45) is 0. The highest BCUT2D eigenvalue weighted by Crippen LogP contribution is 2.09. The molecule has 2 rings (SSSR count). The number of hydrogen-bond donors (Lipinski definition) is 3. The molecule has 0 bridgehead atoms. The Hall–Kier alpha value is -2.44. The van der Waals surface area contributed by atoms with Crippen molar-refractivity contribution in [1.82, 2.24) is 10.7 Å². The molecule has 0 fully saturated rings. The van der Waals surface area contributed by atoms with Crippen molar-refractivity contribution in [1.29, 1.82) is 0 Å². The lowest BCUT2D eigenvalue weighted by molar-refractivity contribution is -0.118. The fourth-order valence-electron chi connectivity index (χ4n) is 1.47.